The summed E-state index contributed by atoms with van der Waals surface area (Å²) in [7, 11) is 1.35. The standard InChI is InChI=1S/C13H15N3O2/c1-3-16-8-10(9-5-4-6-15-7-9)11(14)12(16)13(17)18-2/h4-8H,3,14H2,1-2H3. The van der Waals surface area contributed by atoms with Gasteiger partial charge in [0.2, 0.25) is 0 Å². The molecule has 0 amide bonds. The van der Waals surface area contributed by atoms with E-state index in [1.807, 2.05) is 25.3 Å². The van der Waals surface area contributed by atoms with Gasteiger partial charge in [0, 0.05) is 36.3 Å². The van der Waals surface area contributed by atoms with Crippen LogP contribution in [0.5, 0.6) is 0 Å². The smallest absolute Gasteiger partial charge is 0.356 e. The third kappa shape index (κ3) is 1.95. The molecule has 2 aromatic rings. The molecule has 0 atom stereocenters. The maximum absolute atomic E-state index is 11.7. The van der Waals surface area contributed by atoms with E-state index in [0.717, 1.165) is 11.1 Å². The molecule has 0 saturated heterocycles. The molecule has 2 heterocycles. The Morgan fingerprint density at radius 1 is 1.56 bits per heavy atom. The summed E-state index contributed by atoms with van der Waals surface area (Å²) in [4.78, 5) is 15.8. The molecule has 0 fully saturated rings. The molecule has 2 rings (SSSR count). The molecule has 0 radical (unpaired) electrons. The molecular formula is C13H15N3O2. The van der Waals surface area contributed by atoms with Crippen LogP contribution >= 0.6 is 0 Å². The molecule has 0 aliphatic heterocycles. The van der Waals surface area contributed by atoms with Gasteiger partial charge >= 0.3 is 5.97 Å². The molecule has 0 saturated carbocycles. The van der Waals surface area contributed by atoms with Crippen molar-refractivity contribution < 1.29 is 9.53 Å². The van der Waals surface area contributed by atoms with E-state index in [1.54, 1.807) is 17.0 Å². The molecule has 2 aromatic heterocycles. The topological polar surface area (TPSA) is 70.1 Å². The van der Waals surface area contributed by atoms with Crippen molar-refractivity contribution in [3.63, 3.8) is 0 Å². The van der Waals surface area contributed by atoms with Crippen molar-refractivity contribution >= 4 is 11.7 Å². The largest absolute Gasteiger partial charge is 0.464 e. The zero-order valence-electron chi connectivity index (χ0n) is 10.4. The monoisotopic (exact) mass is 245 g/mol. The molecule has 2 N–H and O–H groups in total. The van der Waals surface area contributed by atoms with Crippen molar-refractivity contribution in [1.29, 1.82) is 0 Å². The number of esters is 1. The lowest BCUT2D eigenvalue weighted by molar-refractivity contribution is 0.0590. The summed E-state index contributed by atoms with van der Waals surface area (Å²) >= 11 is 0. The van der Waals surface area contributed by atoms with E-state index >= 15 is 0 Å². The fourth-order valence-corrected chi connectivity index (χ4v) is 1.90. The van der Waals surface area contributed by atoms with E-state index in [2.05, 4.69) is 4.98 Å². The number of hydrogen-bond acceptors (Lipinski definition) is 4. The summed E-state index contributed by atoms with van der Waals surface area (Å²) < 4.78 is 6.53. The van der Waals surface area contributed by atoms with Crippen LogP contribution in [-0.4, -0.2) is 22.6 Å². The highest BCUT2D eigenvalue weighted by Gasteiger charge is 2.20. The number of nitrogens with two attached hydrogens (primary N) is 1. The number of carbonyl (C=O) groups is 1. The van der Waals surface area contributed by atoms with Crippen LogP contribution in [0.2, 0.25) is 0 Å². The third-order valence-corrected chi connectivity index (χ3v) is 2.81. The predicted molar refractivity (Wildman–Crippen MR) is 69.1 cm³/mol. The highest BCUT2D eigenvalue weighted by Crippen LogP contribution is 2.30. The minimum atomic E-state index is -0.426. The first-order valence-corrected chi connectivity index (χ1v) is 5.66. The van der Waals surface area contributed by atoms with E-state index in [0.29, 0.717) is 17.9 Å². The molecule has 5 heteroatoms. The highest BCUT2D eigenvalue weighted by atomic mass is 16.5. The van der Waals surface area contributed by atoms with Crippen LogP contribution in [0.15, 0.2) is 30.7 Å². The average Bonchev–Trinajstić information content (AvgIpc) is 2.76. The fraction of sp³-hybridized carbons (Fsp3) is 0.231. The van der Waals surface area contributed by atoms with Crippen molar-refractivity contribution in [2.24, 2.45) is 0 Å². The van der Waals surface area contributed by atoms with Crippen molar-refractivity contribution in [3.8, 4) is 11.1 Å². The minimum absolute atomic E-state index is 0.388. The number of pyridine rings is 1. The molecule has 5 nitrogen and oxygen atoms in total. The third-order valence-electron chi connectivity index (χ3n) is 2.81. The lowest BCUT2D eigenvalue weighted by Gasteiger charge is -2.04. The summed E-state index contributed by atoms with van der Waals surface area (Å²) in [6.07, 6.45) is 5.25. The number of ether oxygens (including phenoxy) is 1. The Bertz CT molecular complexity index is 561. The Balaban J connectivity index is 2.58. The molecule has 0 aliphatic carbocycles. The van der Waals surface area contributed by atoms with Gasteiger partial charge in [0.25, 0.3) is 0 Å². The molecule has 18 heavy (non-hydrogen) atoms. The maximum atomic E-state index is 11.7. The van der Waals surface area contributed by atoms with Gasteiger partial charge in [0.05, 0.1) is 12.8 Å². The summed E-state index contributed by atoms with van der Waals surface area (Å²) in [5, 5.41) is 0. The van der Waals surface area contributed by atoms with Crippen LogP contribution in [0.25, 0.3) is 11.1 Å². The van der Waals surface area contributed by atoms with Crippen molar-refractivity contribution in [2.45, 2.75) is 13.5 Å². The zero-order chi connectivity index (χ0) is 13.1. The number of nitrogens with zero attached hydrogens (tertiary/aromatic N) is 2. The van der Waals surface area contributed by atoms with E-state index in [-0.39, 0.29) is 0 Å². The summed E-state index contributed by atoms with van der Waals surface area (Å²) in [6.45, 7) is 2.59. The van der Waals surface area contributed by atoms with E-state index in [9.17, 15) is 4.79 Å². The molecule has 0 aliphatic rings. The number of aromatic nitrogens is 2. The van der Waals surface area contributed by atoms with Crippen molar-refractivity contribution in [2.75, 3.05) is 12.8 Å². The van der Waals surface area contributed by atoms with Gasteiger partial charge in [0.15, 0.2) is 5.69 Å². The first-order valence-electron chi connectivity index (χ1n) is 5.66. The molecule has 94 valence electrons. The van der Waals surface area contributed by atoms with E-state index in [4.69, 9.17) is 10.5 Å². The Morgan fingerprint density at radius 3 is 2.89 bits per heavy atom. The van der Waals surface area contributed by atoms with Gasteiger partial charge in [-0.25, -0.2) is 4.79 Å². The number of rotatable bonds is 3. The minimum Gasteiger partial charge on any atom is -0.464 e. The maximum Gasteiger partial charge on any atom is 0.356 e. The Hall–Kier alpha value is -2.30. The molecule has 0 spiro atoms. The second kappa shape index (κ2) is 4.91. The van der Waals surface area contributed by atoms with Crippen LogP contribution in [0.3, 0.4) is 0 Å². The Morgan fingerprint density at radius 2 is 2.33 bits per heavy atom. The van der Waals surface area contributed by atoms with Crippen LogP contribution in [0.4, 0.5) is 5.69 Å². The number of hydrogen-bond donors (Lipinski definition) is 1. The summed E-state index contributed by atoms with van der Waals surface area (Å²) in [5.74, 6) is -0.426. The molecule has 0 bridgehead atoms. The Kier molecular flexibility index (Phi) is 3.32. The lowest BCUT2D eigenvalue weighted by Crippen LogP contribution is -2.11. The van der Waals surface area contributed by atoms with Gasteiger partial charge in [-0.3, -0.25) is 4.98 Å². The van der Waals surface area contributed by atoms with Gasteiger partial charge in [-0.1, -0.05) is 6.07 Å². The van der Waals surface area contributed by atoms with Crippen molar-refractivity contribution in [1.82, 2.24) is 9.55 Å². The van der Waals surface area contributed by atoms with Gasteiger partial charge in [-0.2, -0.15) is 0 Å². The van der Waals surface area contributed by atoms with E-state index < -0.39 is 5.97 Å². The highest BCUT2D eigenvalue weighted by molar-refractivity contribution is 5.98. The van der Waals surface area contributed by atoms with Crippen molar-refractivity contribution in [3.05, 3.63) is 36.4 Å². The zero-order valence-corrected chi connectivity index (χ0v) is 10.4. The quantitative estimate of drug-likeness (QED) is 0.839. The first-order chi connectivity index (χ1) is 8.69. The van der Waals surface area contributed by atoms with Crippen LogP contribution < -0.4 is 5.73 Å². The SMILES string of the molecule is CCn1cc(-c2cccnc2)c(N)c1C(=O)OC. The normalized spacial score (nSPS) is 10.3. The summed E-state index contributed by atoms with van der Waals surface area (Å²) in [6, 6.07) is 3.73. The van der Waals surface area contributed by atoms with Gasteiger partial charge in [0.1, 0.15) is 0 Å². The van der Waals surface area contributed by atoms with Crippen LogP contribution in [-0.2, 0) is 11.3 Å². The second-order valence-electron chi connectivity index (χ2n) is 3.82. The van der Waals surface area contributed by atoms with E-state index in [1.165, 1.54) is 7.11 Å². The van der Waals surface area contributed by atoms with Crippen LogP contribution in [0.1, 0.15) is 17.4 Å². The number of nitrogen functional groups attached to an aromatic ring is 1. The molecule has 0 aromatic carbocycles. The molecule has 0 unspecified atom stereocenters. The number of aryl methyl sites for hydroxylation is 1. The van der Waals surface area contributed by atoms with Gasteiger partial charge in [-0.05, 0) is 13.0 Å². The first kappa shape index (κ1) is 12.2. The average molecular weight is 245 g/mol. The Labute approximate surface area is 105 Å². The predicted octanol–water partition coefficient (Wildman–Crippen LogP) is 1.94. The summed E-state index contributed by atoms with van der Waals surface area (Å²) in [5.41, 5.74) is 8.53. The van der Waals surface area contributed by atoms with Gasteiger partial charge < -0.3 is 15.0 Å². The number of anilines is 1. The second-order valence-corrected chi connectivity index (χ2v) is 3.82. The number of methoxy groups -OCH3 is 1. The number of carbonyl (C=O) groups excluding carboxylic acids is 1. The molecular weight excluding hydrogens is 230 g/mol. The van der Waals surface area contributed by atoms with Crippen LogP contribution in [0, 0.1) is 0 Å². The fourth-order valence-electron chi connectivity index (χ4n) is 1.90. The lowest BCUT2D eigenvalue weighted by atomic mass is 10.1. The van der Waals surface area contributed by atoms with Gasteiger partial charge in [-0.15, -0.1) is 0 Å².